The number of benzene rings is 2. The van der Waals surface area contributed by atoms with E-state index in [1.807, 2.05) is 0 Å². The minimum absolute atomic E-state index is 0.349. The molecule has 5 nitrogen and oxygen atoms in total. The van der Waals surface area contributed by atoms with Gasteiger partial charge in [0.1, 0.15) is 0 Å². The third-order valence-corrected chi connectivity index (χ3v) is 3.16. The number of hydrogen-bond donors (Lipinski definition) is 1. The zero-order valence-electron chi connectivity index (χ0n) is 11.7. The maximum absolute atomic E-state index is 11.9. The van der Waals surface area contributed by atoms with Crippen LogP contribution >= 0.6 is 11.6 Å². The summed E-state index contributed by atoms with van der Waals surface area (Å²) in [7, 11) is 1.32. The van der Waals surface area contributed by atoms with Gasteiger partial charge in [-0.2, -0.15) is 5.10 Å². The lowest BCUT2D eigenvalue weighted by molar-refractivity contribution is 0.0600. The summed E-state index contributed by atoms with van der Waals surface area (Å²) in [5, 5.41) is 4.21. The Balaban J connectivity index is 1.99. The molecule has 22 heavy (non-hydrogen) atoms. The Labute approximate surface area is 132 Å². The summed E-state index contributed by atoms with van der Waals surface area (Å²) in [6.45, 7) is 0. The predicted octanol–water partition coefficient (Wildman–Crippen LogP) is 2.89. The molecule has 0 aromatic heterocycles. The lowest BCUT2D eigenvalue weighted by Crippen LogP contribution is -2.17. The van der Waals surface area contributed by atoms with E-state index in [-0.39, 0.29) is 0 Å². The molecule has 0 aliphatic carbocycles. The van der Waals surface area contributed by atoms with Crippen molar-refractivity contribution >= 4 is 29.7 Å². The highest BCUT2D eigenvalue weighted by atomic mass is 35.5. The lowest BCUT2D eigenvalue weighted by Gasteiger charge is -2.02. The van der Waals surface area contributed by atoms with E-state index in [0.29, 0.717) is 16.1 Å². The van der Waals surface area contributed by atoms with Gasteiger partial charge in [-0.3, -0.25) is 4.79 Å². The number of halogens is 1. The third kappa shape index (κ3) is 3.93. The number of rotatable bonds is 4. The Kier molecular flexibility index (Phi) is 5.27. The van der Waals surface area contributed by atoms with Gasteiger partial charge in [-0.25, -0.2) is 10.2 Å². The molecule has 2 aromatic carbocycles. The number of hydrazone groups is 1. The second-order valence-corrected chi connectivity index (χ2v) is 4.70. The van der Waals surface area contributed by atoms with Gasteiger partial charge in [-0.1, -0.05) is 35.9 Å². The number of nitrogens with zero attached hydrogens (tertiary/aromatic N) is 1. The summed E-state index contributed by atoms with van der Waals surface area (Å²) in [5.74, 6) is -0.802. The van der Waals surface area contributed by atoms with Gasteiger partial charge < -0.3 is 4.74 Å². The number of nitrogens with one attached hydrogen (secondary N) is 1. The van der Waals surface area contributed by atoms with Crippen LogP contribution in [0.15, 0.2) is 53.6 Å². The molecule has 6 heteroatoms. The minimum atomic E-state index is -0.407. The highest BCUT2D eigenvalue weighted by Gasteiger charge is 2.07. The van der Waals surface area contributed by atoms with Crippen molar-refractivity contribution in [2.75, 3.05) is 7.11 Å². The van der Waals surface area contributed by atoms with Crippen molar-refractivity contribution < 1.29 is 14.3 Å². The van der Waals surface area contributed by atoms with Gasteiger partial charge >= 0.3 is 5.97 Å². The Hall–Kier alpha value is -2.66. The largest absolute Gasteiger partial charge is 0.465 e. The van der Waals surface area contributed by atoms with Crippen molar-refractivity contribution in [2.24, 2.45) is 5.10 Å². The van der Waals surface area contributed by atoms with E-state index in [4.69, 9.17) is 11.6 Å². The number of carbonyl (C=O) groups is 2. The summed E-state index contributed by atoms with van der Waals surface area (Å²) in [4.78, 5) is 23.2. The average molecular weight is 317 g/mol. The first kappa shape index (κ1) is 15.7. The van der Waals surface area contributed by atoms with E-state index in [9.17, 15) is 9.59 Å². The third-order valence-electron chi connectivity index (χ3n) is 2.83. The SMILES string of the molecule is COC(=O)c1ccc(/C=N\NC(=O)c2ccccc2Cl)cc1. The van der Waals surface area contributed by atoms with Crippen molar-refractivity contribution in [3.8, 4) is 0 Å². The fourth-order valence-corrected chi connectivity index (χ4v) is 1.92. The molecule has 0 unspecified atom stereocenters. The molecule has 2 rings (SSSR count). The van der Waals surface area contributed by atoms with E-state index in [2.05, 4.69) is 15.3 Å². The molecule has 0 spiro atoms. The van der Waals surface area contributed by atoms with Crippen LogP contribution in [0.4, 0.5) is 0 Å². The van der Waals surface area contributed by atoms with Gasteiger partial charge in [-0.15, -0.1) is 0 Å². The van der Waals surface area contributed by atoms with Crippen LogP contribution in [0.3, 0.4) is 0 Å². The number of amides is 1. The fraction of sp³-hybridized carbons (Fsp3) is 0.0625. The molecule has 0 saturated heterocycles. The van der Waals surface area contributed by atoms with Crippen molar-refractivity contribution in [1.82, 2.24) is 5.43 Å². The highest BCUT2D eigenvalue weighted by Crippen LogP contribution is 2.14. The number of methoxy groups -OCH3 is 1. The summed E-state index contributed by atoms with van der Waals surface area (Å²) in [6, 6.07) is 13.3. The van der Waals surface area contributed by atoms with Gasteiger partial charge in [-0.05, 0) is 29.8 Å². The Morgan fingerprint density at radius 1 is 1.14 bits per heavy atom. The Morgan fingerprint density at radius 3 is 2.45 bits per heavy atom. The molecule has 0 aliphatic rings. The summed E-state index contributed by atoms with van der Waals surface area (Å²) in [5.41, 5.74) is 3.91. The van der Waals surface area contributed by atoms with Crippen LogP contribution < -0.4 is 5.43 Å². The molecule has 0 fully saturated rings. The van der Waals surface area contributed by atoms with E-state index in [0.717, 1.165) is 5.56 Å². The molecule has 0 bridgehead atoms. The molecular weight excluding hydrogens is 304 g/mol. The Bertz CT molecular complexity index is 712. The molecule has 1 N–H and O–H groups in total. The van der Waals surface area contributed by atoms with Gasteiger partial charge in [0.25, 0.3) is 5.91 Å². The maximum atomic E-state index is 11.9. The monoisotopic (exact) mass is 316 g/mol. The van der Waals surface area contributed by atoms with Crippen LogP contribution in [0, 0.1) is 0 Å². The first-order valence-electron chi connectivity index (χ1n) is 6.38. The number of carbonyl (C=O) groups excluding carboxylic acids is 2. The standard InChI is InChI=1S/C16H13ClN2O3/c1-22-16(21)12-8-6-11(7-9-12)10-18-19-15(20)13-4-2-3-5-14(13)17/h2-10H,1H3,(H,19,20)/b18-10-. The number of esters is 1. The van der Waals surface area contributed by atoms with Crippen molar-refractivity contribution in [3.05, 3.63) is 70.2 Å². The second-order valence-electron chi connectivity index (χ2n) is 4.29. The maximum Gasteiger partial charge on any atom is 0.337 e. The highest BCUT2D eigenvalue weighted by molar-refractivity contribution is 6.33. The zero-order valence-corrected chi connectivity index (χ0v) is 12.5. The average Bonchev–Trinajstić information content (AvgIpc) is 2.55. The fourth-order valence-electron chi connectivity index (χ4n) is 1.69. The van der Waals surface area contributed by atoms with Gasteiger partial charge in [0.2, 0.25) is 0 Å². The molecule has 0 saturated carbocycles. The quantitative estimate of drug-likeness (QED) is 0.536. The molecule has 1 amide bonds. The molecule has 0 atom stereocenters. The minimum Gasteiger partial charge on any atom is -0.465 e. The molecule has 0 aliphatic heterocycles. The summed E-state index contributed by atoms with van der Waals surface area (Å²) < 4.78 is 4.61. The van der Waals surface area contributed by atoms with E-state index in [1.165, 1.54) is 13.3 Å². The van der Waals surface area contributed by atoms with Crippen molar-refractivity contribution in [3.63, 3.8) is 0 Å². The zero-order chi connectivity index (χ0) is 15.9. The first-order valence-corrected chi connectivity index (χ1v) is 6.76. The summed E-state index contributed by atoms with van der Waals surface area (Å²) in [6.07, 6.45) is 1.47. The van der Waals surface area contributed by atoms with Crippen LogP contribution in [0.2, 0.25) is 5.02 Å². The number of hydrogen-bond acceptors (Lipinski definition) is 4. The van der Waals surface area contributed by atoms with E-state index in [1.54, 1.807) is 48.5 Å². The Morgan fingerprint density at radius 2 is 1.82 bits per heavy atom. The topological polar surface area (TPSA) is 67.8 Å². The predicted molar refractivity (Wildman–Crippen MR) is 84.3 cm³/mol. The van der Waals surface area contributed by atoms with Crippen LogP contribution in [-0.4, -0.2) is 25.2 Å². The smallest absolute Gasteiger partial charge is 0.337 e. The normalized spacial score (nSPS) is 10.5. The van der Waals surface area contributed by atoms with Crippen LogP contribution in [0.1, 0.15) is 26.3 Å². The molecule has 112 valence electrons. The van der Waals surface area contributed by atoms with Gasteiger partial charge in [0.15, 0.2) is 0 Å². The first-order chi connectivity index (χ1) is 10.6. The number of ether oxygens (including phenoxy) is 1. The van der Waals surface area contributed by atoms with Crippen molar-refractivity contribution in [2.45, 2.75) is 0 Å². The van der Waals surface area contributed by atoms with Gasteiger partial charge in [0, 0.05) is 0 Å². The second kappa shape index (κ2) is 7.38. The molecular formula is C16H13ClN2O3. The molecule has 2 aromatic rings. The van der Waals surface area contributed by atoms with E-state index < -0.39 is 11.9 Å². The van der Waals surface area contributed by atoms with Crippen LogP contribution in [0.5, 0.6) is 0 Å². The lowest BCUT2D eigenvalue weighted by atomic mass is 10.1. The molecule has 0 radical (unpaired) electrons. The molecule has 0 heterocycles. The van der Waals surface area contributed by atoms with E-state index >= 15 is 0 Å². The van der Waals surface area contributed by atoms with Gasteiger partial charge in [0.05, 0.1) is 29.5 Å². The van der Waals surface area contributed by atoms with Crippen LogP contribution in [0.25, 0.3) is 0 Å². The summed E-state index contributed by atoms with van der Waals surface area (Å²) >= 11 is 5.92. The van der Waals surface area contributed by atoms with Crippen LogP contribution in [-0.2, 0) is 4.74 Å². The van der Waals surface area contributed by atoms with Crippen molar-refractivity contribution in [1.29, 1.82) is 0 Å².